The first-order chi connectivity index (χ1) is 18.0. The molecule has 4 aromatic rings. The molecule has 10 heteroatoms. The van der Waals surface area contributed by atoms with Crippen LogP contribution < -0.4 is 15.4 Å². The Bertz CT molecular complexity index is 1670. The predicted molar refractivity (Wildman–Crippen MR) is 147 cm³/mol. The zero-order valence-electron chi connectivity index (χ0n) is 21.3. The minimum Gasteiger partial charge on any atom is -0.508 e. The van der Waals surface area contributed by atoms with Crippen molar-refractivity contribution in [2.45, 2.75) is 37.6 Å². The van der Waals surface area contributed by atoms with Gasteiger partial charge in [0.1, 0.15) is 22.3 Å². The number of nitrogens with two attached hydrogens (primary N) is 1. The number of aromatic nitrogens is 2. The van der Waals surface area contributed by atoms with Crippen LogP contribution in [0.15, 0.2) is 71.8 Å². The van der Waals surface area contributed by atoms with Gasteiger partial charge in [-0.1, -0.05) is 25.1 Å². The van der Waals surface area contributed by atoms with Crippen LogP contribution in [-0.2, 0) is 10.0 Å². The van der Waals surface area contributed by atoms with Gasteiger partial charge in [0.05, 0.1) is 11.3 Å². The molecular weight excluding hydrogens is 502 g/mol. The standard InChI is InChI=1S/C28H29N5O4S/c1-17-12-14-33(28(17,2)3)26-22(27(35)32-38(36,37)24-5-4-13-30-25(24)29)10-11-23(31-26)20-7-6-19-16-21(34)9-8-18(19)15-20/h4-11,13,15-17,34H,12,14H2,1-3H3,(H2,29,30)(H,32,35). The molecule has 0 aliphatic carbocycles. The summed E-state index contributed by atoms with van der Waals surface area (Å²) in [4.78, 5) is 24.0. The van der Waals surface area contributed by atoms with E-state index in [1.807, 2.05) is 24.3 Å². The summed E-state index contributed by atoms with van der Waals surface area (Å²) in [6.45, 7) is 7.01. The van der Waals surface area contributed by atoms with Crippen molar-refractivity contribution in [2.75, 3.05) is 17.2 Å². The number of nitrogens with zero attached hydrogens (tertiary/aromatic N) is 3. The molecular formula is C28H29N5O4S. The van der Waals surface area contributed by atoms with Gasteiger partial charge in [0, 0.05) is 23.8 Å². The van der Waals surface area contributed by atoms with Crippen molar-refractivity contribution in [1.82, 2.24) is 14.7 Å². The molecule has 1 fully saturated rings. The number of phenols is 1. The minimum absolute atomic E-state index is 0.146. The van der Waals surface area contributed by atoms with Gasteiger partial charge in [0.15, 0.2) is 0 Å². The fourth-order valence-electron chi connectivity index (χ4n) is 4.86. The minimum atomic E-state index is -4.26. The van der Waals surface area contributed by atoms with Crippen LogP contribution in [0.2, 0.25) is 0 Å². The van der Waals surface area contributed by atoms with Crippen LogP contribution in [0.1, 0.15) is 37.6 Å². The van der Waals surface area contributed by atoms with Crippen molar-refractivity contribution in [2.24, 2.45) is 5.92 Å². The fraction of sp³-hybridized carbons (Fsp3) is 0.250. The number of sulfonamides is 1. The van der Waals surface area contributed by atoms with Crippen molar-refractivity contribution in [3.05, 3.63) is 72.4 Å². The van der Waals surface area contributed by atoms with Crippen molar-refractivity contribution < 1.29 is 18.3 Å². The molecule has 1 unspecified atom stereocenters. The van der Waals surface area contributed by atoms with Gasteiger partial charge < -0.3 is 15.7 Å². The topological polar surface area (TPSA) is 139 Å². The van der Waals surface area contributed by atoms with Gasteiger partial charge in [-0.3, -0.25) is 4.79 Å². The predicted octanol–water partition coefficient (Wildman–Crippen LogP) is 4.33. The van der Waals surface area contributed by atoms with Gasteiger partial charge >= 0.3 is 0 Å². The van der Waals surface area contributed by atoms with E-state index in [0.29, 0.717) is 24.0 Å². The van der Waals surface area contributed by atoms with Gasteiger partial charge in [0.2, 0.25) is 0 Å². The average Bonchev–Trinajstić information content (AvgIpc) is 3.14. The van der Waals surface area contributed by atoms with Crippen LogP contribution in [0, 0.1) is 5.92 Å². The number of pyridine rings is 2. The summed E-state index contributed by atoms with van der Waals surface area (Å²) >= 11 is 0. The van der Waals surface area contributed by atoms with E-state index in [0.717, 1.165) is 22.8 Å². The first-order valence-corrected chi connectivity index (χ1v) is 13.7. The number of nitrogen functional groups attached to an aromatic ring is 1. The first-order valence-electron chi connectivity index (χ1n) is 12.3. The number of aromatic hydroxyl groups is 1. The van der Waals surface area contributed by atoms with E-state index < -0.39 is 15.9 Å². The molecule has 3 heterocycles. The SMILES string of the molecule is CC1CCN(c2nc(-c3ccc4cc(O)ccc4c3)ccc2C(=O)NS(=O)(=O)c2cccnc2N)C1(C)C. The van der Waals surface area contributed by atoms with Crippen LogP contribution >= 0.6 is 0 Å². The molecule has 2 aromatic heterocycles. The Kier molecular flexibility index (Phi) is 6.22. The molecule has 38 heavy (non-hydrogen) atoms. The van der Waals surface area contributed by atoms with Crippen molar-refractivity contribution in [1.29, 1.82) is 0 Å². The van der Waals surface area contributed by atoms with Gasteiger partial charge in [-0.15, -0.1) is 0 Å². The second-order valence-corrected chi connectivity index (χ2v) is 11.8. The molecule has 1 saturated heterocycles. The van der Waals surface area contributed by atoms with E-state index in [9.17, 15) is 18.3 Å². The lowest BCUT2D eigenvalue weighted by atomic mass is 9.90. The third-order valence-electron chi connectivity index (χ3n) is 7.50. The number of hydrogen-bond acceptors (Lipinski definition) is 8. The van der Waals surface area contributed by atoms with E-state index in [-0.39, 0.29) is 27.6 Å². The van der Waals surface area contributed by atoms with E-state index in [1.54, 1.807) is 24.3 Å². The Hall–Kier alpha value is -4.18. The molecule has 9 nitrogen and oxygen atoms in total. The summed E-state index contributed by atoms with van der Waals surface area (Å²) in [6.07, 6.45) is 2.28. The molecule has 4 N–H and O–H groups in total. The highest BCUT2D eigenvalue weighted by atomic mass is 32.2. The van der Waals surface area contributed by atoms with E-state index in [4.69, 9.17) is 10.7 Å². The number of carbonyl (C=O) groups is 1. The summed E-state index contributed by atoms with van der Waals surface area (Å²) in [7, 11) is -4.26. The van der Waals surface area contributed by atoms with Crippen LogP contribution in [0.3, 0.4) is 0 Å². The summed E-state index contributed by atoms with van der Waals surface area (Å²) in [5.41, 5.74) is 7.06. The van der Waals surface area contributed by atoms with Gasteiger partial charge in [-0.25, -0.2) is 23.1 Å². The number of benzene rings is 2. The number of carbonyl (C=O) groups excluding carboxylic acids is 1. The van der Waals surface area contributed by atoms with Crippen LogP contribution in [0.5, 0.6) is 5.75 Å². The van der Waals surface area contributed by atoms with E-state index >= 15 is 0 Å². The lowest BCUT2D eigenvalue weighted by molar-refractivity contribution is 0.0981. The zero-order valence-corrected chi connectivity index (χ0v) is 22.2. The smallest absolute Gasteiger partial charge is 0.268 e. The van der Waals surface area contributed by atoms with Crippen LogP contribution in [0.25, 0.3) is 22.0 Å². The normalized spacial score (nSPS) is 17.0. The number of amides is 1. The number of nitrogens with one attached hydrogen (secondary N) is 1. The second kappa shape index (κ2) is 9.29. The molecule has 1 atom stereocenters. The molecule has 2 aromatic carbocycles. The Labute approximate surface area is 221 Å². The number of fused-ring (bicyclic) bond motifs is 1. The third-order valence-corrected chi connectivity index (χ3v) is 8.88. The Morgan fingerprint density at radius 1 is 1.11 bits per heavy atom. The quantitative estimate of drug-likeness (QED) is 0.346. The monoisotopic (exact) mass is 531 g/mol. The molecule has 1 aliphatic rings. The number of anilines is 2. The van der Waals surface area contributed by atoms with E-state index in [2.05, 4.69) is 35.4 Å². The third kappa shape index (κ3) is 4.51. The highest BCUT2D eigenvalue weighted by Gasteiger charge is 2.41. The summed E-state index contributed by atoms with van der Waals surface area (Å²) in [5.74, 6) is -0.0627. The molecule has 5 rings (SSSR count). The molecule has 0 bridgehead atoms. The summed E-state index contributed by atoms with van der Waals surface area (Å²) < 4.78 is 28.1. The molecule has 0 spiro atoms. The van der Waals surface area contributed by atoms with Crippen molar-refractivity contribution in [3.63, 3.8) is 0 Å². The maximum Gasteiger partial charge on any atom is 0.268 e. The molecule has 0 saturated carbocycles. The Balaban J connectivity index is 1.59. The van der Waals surface area contributed by atoms with Gasteiger partial charge in [0.25, 0.3) is 15.9 Å². The van der Waals surface area contributed by atoms with Gasteiger partial charge in [-0.2, -0.15) is 0 Å². The van der Waals surface area contributed by atoms with Gasteiger partial charge in [-0.05, 0) is 79.4 Å². The lowest BCUT2D eigenvalue weighted by Crippen LogP contribution is -2.43. The second-order valence-electron chi connectivity index (χ2n) is 10.1. The highest BCUT2D eigenvalue weighted by Crippen LogP contribution is 2.39. The first kappa shape index (κ1) is 25.5. The van der Waals surface area contributed by atoms with Crippen molar-refractivity contribution >= 4 is 38.3 Å². The fourth-order valence-corrected chi connectivity index (χ4v) is 5.91. The lowest BCUT2D eigenvalue weighted by Gasteiger charge is -2.36. The molecule has 1 amide bonds. The largest absolute Gasteiger partial charge is 0.508 e. The molecule has 1 aliphatic heterocycles. The maximum atomic E-state index is 13.4. The average molecular weight is 532 g/mol. The Morgan fingerprint density at radius 2 is 1.84 bits per heavy atom. The maximum absolute atomic E-state index is 13.4. The summed E-state index contributed by atoms with van der Waals surface area (Å²) in [5, 5.41) is 11.6. The van der Waals surface area contributed by atoms with Crippen LogP contribution in [-0.4, -0.2) is 41.5 Å². The summed E-state index contributed by atoms with van der Waals surface area (Å²) in [6, 6.07) is 17.0. The van der Waals surface area contributed by atoms with Crippen LogP contribution in [0.4, 0.5) is 11.6 Å². The number of phenolic OH excluding ortho intramolecular Hbond substituents is 1. The highest BCUT2D eigenvalue weighted by molar-refractivity contribution is 7.90. The number of hydrogen-bond donors (Lipinski definition) is 3. The van der Waals surface area contributed by atoms with E-state index in [1.165, 1.54) is 18.3 Å². The van der Waals surface area contributed by atoms with Crippen molar-refractivity contribution in [3.8, 4) is 17.0 Å². The molecule has 196 valence electrons. The molecule has 0 radical (unpaired) electrons. The number of rotatable bonds is 5. The Morgan fingerprint density at radius 3 is 2.55 bits per heavy atom. The zero-order chi connectivity index (χ0) is 27.2.